The van der Waals surface area contributed by atoms with Crippen LogP contribution in [-0.2, 0) is 16.1 Å². The van der Waals surface area contributed by atoms with Crippen LogP contribution in [0.1, 0.15) is 17.0 Å². The normalized spacial score (nSPS) is 11.8. The summed E-state index contributed by atoms with van der Waals surface area (Å²) in [6, 6.07) is 23.3. The molecule has 33 heavy (non-hydrogen) atoms. The summed E-state index contributed by atoms with van der Waals surface area (Å²) in [7, 11) is 4.87. The molecule has 170 valence electrons. The Morgan fingerprint density at radius 2 is 1.48 bits per heavy atom. The Labute approximate surface area is 196 Å². The lowest BCUT2D eigenvalue weighted by Crippen LogP contribution is -2.22. The smallest absolute Gasteiger partial charge is 0.260 e. The number of hydrogen-bond acceptors (Lipinski definition) is 5. The summed E-state index contributed by atoms with van der Waals surface area (Å²) in [5, 5.41) is 0. The van der Waals surface area contributed by atoms with Gasteiger partial charge in [-0.2, -0.15) is 4.99 Å². The van der Waals surface area contributed by atoms with E-state index in [9.17, 15) is 4.79 Å². The number of aromatic nitrogens is 1. The molecule has 4 aromatic rings. The summed E-state index contributed by atoms with van der Waals surface area (Å²) >= 11 is 1.44. The third kappa shape index (κ3) is 4.84. The van der Waals surface area contributed by atoms with E-state index >= 15 is 0 Å². The van der Waals surface area contributed by atoms with Gasteiger partial charge in [0.15, 0.2) is 16.3 Å². The third-order valence-corrected chi connectivity index (χ3v) is 6.47. The molecule has 0 N–H and O–H groups in total. The fourth-order valence-electron chi connectivity index (χ4n) is 3.81. The molecular formula is C26H26N2O4S. The highest BCUT2D eigenvalue weighted by Gasteiger charge is 2.23. The summed E-state index contributed by atoms with van der Waals surface area (Å²) in [4.78, 5) is 18.8. The van der Waals surface area contributed by atoms with Crippen LogP contribution in [0.3, 0.4) is 0 Å². The van der Waals surface area contributed by atoms with Crippen LogP contribution >= 0.6 is 11.3 Å². The van der Waals surface area contributed by atoms with Crippen molar-refractivity contribution in [1.29, 1.82) is 0 Å². The van der Waals surface area contributed by atoms with Crippen molar-refractivity contribution in [1.82, 2.24) is 4.57 Å². The van der Waals surface area contributed by atoms with E-state index in [1.54, 1.807) is 21.3 Å². The molecule has 6 nitrogen and oxygen atoms in total. The molecule has 0 saturated heterocycles. The number of rotatable bonds is 8. The Hall–Kier alpha value is -3.42. The summed E-state index contributed by atoms with van der Waals surface area (Å²) in [5.41, 5.74) is 2.73. The Bertz CT molecular complexity index is 1260. The molecular weight excluding hydrogens is 436 g/mol. The molecule has 0 bridgehead atoms. The topological polar surface area (TPSA) is 62.1 Å². The van der Waals surface area contributed by atoms with E-state index in [1.165, 1.54) is 11.3 Å². The lowest BCUT2D eigenvalue weighted by molar-refractivity contribution is -0.118. The minimum absolute atomic E-state index is 0.218. The second-order valence-electron chi connectivity index (χ2n) is 7.41. The number of benzene rings is 3. The monoisotopic (exact) mass is 462 g/mol. The summed E-state index contributed by atoms with van der Waals surface area (Å²) in [6.07, 6.45) is 0. The van der Waals surface area contributed by atoms with Crippen LogP contribution in [0.15, 0.2) is 77.8 Å². The van der Waals surface area contributed by atoms with Crippen LogP contribution in [0.5, 0.6) is 11.5 Å². The number of nitrogens with zero attached hydrogens (tertiary/aromatic N) is 2. The molecule has 0 unspecified atom stereocenters. The Morgan fingerprint density at radius 1 is 0.909 bits per heavy atom. The van der Waals surface area contributed by atoms with Gasteiger partial charge in [0.25, 0.3) is 5.91 Å². The first-order chi connectivity index (χ1) is 16.2. The van der Waals surface area contributed by atoms with Crippen LogP contribution in [0.2, 0.25) is 0 Å². The second-order valence-corrected chi connectivity index (χ2v) is 8.42. The molecule has 0 saturated carbocycles. The highest BCUT2D eigenvalue weighted by atomic mass is 32.1. The first-order valence-corrected chi connectivity index (χ1v) is 11.4. The van der Waals surface area contributed by atoms with Crippen molar-refractivity contribution in [3.8, 4) is 11.5 Å². The van der Waals surface area contributed by atoms with Crippen LogP contribution in [0.25, 0.3) is 10.2 Å². The standard InChI is InChI=1S/C26H26N2O4S/c1-30-15-14-28-20-16-21(31-2)22(32-3)17-23(20)33-26(28)27-25(29)24(18-10-6-4-7-11-18)19-12-8-5-9-13-19/h4-13,16-17,24H,14-15H2,1-3H3. The van der Waals surface area contributed by atoms with E-state index in [1.807, 2.05) is 77.4 Å². The third-order valence-electron chi connectivity index (χ3n) is 5.43. The second kappa shape index (κ2) is 10.5. The lowest BCUT2D eigenvalue weighted by Gasteiger charge is -2.14. The minimum atomic E-state index is -0.488. The maximum atomic E-state index is 13.6. The summed E-state index contributed by atoms with van der Waals surface area (Å²) in [5.74, 6) is 0.550. The Balaban J connectivity index is 1.87. The zero-order chi connectivity index (χ0) is 23.2. The van der Waals surface area contributed by atoms with Gasteiger partial charge in [0.2, 0.25) is 0 Å². The largest absolute Gasteiger partial charge is 0.493 e. The molecule has 0 spiro atoms. The molecule has 0 aliphatic rings. The molecule has 0 aliphatic carbocycles. The number of methoxy groups -OCH3 is 3. The zero-order valence-corrected chi connectivity index (χ0v) is 19.7. The fourth-order valence-corrected chi connectivity index (χ4v) is 4.88. The van der Waals surface area contributed by atoms with Gasteiger partial charge in [-0.05, 0) is 11.1 Å². The number of carbonyl (C=O) groups excluding carboxylic acids is 1. The number of ether oxygens (including phenoxy) is 3. The molecule has 4 rings (SSSR count). The molecule has 0 atom stereocenters. The highest BCUT2D eigenvalue weighted by molar-refractivity contribution is 7.16. The maximum absolute atomic E-state index is 13.6. The van der Waals surface area contributed by atoms with E-state index in [0.717, 1.165) is 21.3 Å². The number of hydrogen-bond donors (Lipinski definition) is 0. The number of thiazole rings is 1. The molecule has 0 fully saturated rings. The highest BCUT2D eigenvalue weighted by Crippen LogP contribution is 2.33. The van der Waals surface area contributed by atoms with E-state index in [2.05, 4.69) is 4.99 Å². The predicted molar refractivity (Wildman–Crippen MR) is 130 cm³/mol. The lowest BCUT2D eigenvalue weighted by atomic mass is 9.91. The van der Waals surface area contributed by atoms with Crippen LogP contribution in [-0.4, -0.2) is 38.4 Å². The minimum Gasteiger partial charge on any atom is -0.493 e. The van der Waals surface area contributed by atoms with E-state index in [4.69, 9.17) is 14.2 Å². The van der Waals surface area contributed by atoms with E-state index in [-0.39, 0.29) is 5.91 Å². The van der Waals surface area contributed by atoms with Gasteiger partial charge in [-0.25, -0.2) is 0 Å². The number of amides is 1. The molecule has 0 aliphatic heterocycles. The molecule has 3 aromatic carbocycles. The van der Waals surface area contributed by atoms with Gasteiger partial charge in [0.05, 0.1) is 37.0 Å². The average Bonchev–Trinajstić information content (AvgIpc) is 3.18. The van der Waals surface area contributed by atoms with Crippen molar-refractivity contribution in [3.05, 3.63) is 88.7 Å². The predicted octanol–water partition coefficient (Wildman–Crippen LogP) is 4.63. The van der Waals surface area contributed by atoms with Gasteiger partial charge in [-0.1, -0.05) is 72.0 Å². The summed E-state index contributed by atoms with van der Waals surface area (Å²) < 4.78 is 19.2. The molecule has 0 radical (unpaired) electrons. The zero-order valence-electron chi connectivity index (χ0n) is 18.9. The quantitative estimate of drug-likeness (QED) is 0.383. The van der Waals surface area contributed by atoms with Crippen molar-refractivity contribution in [2.45, 2.75) is 12.5 Å². The summed E-state index contributed by atoms with van der Waals surface area (Å²) in [6.45, 7) is 1.04. The average molecular weight is 463 g/mol. The van der Waals surface area contributed by atoms with Gasteiger partial charge in [-0.3, -0.25) is 4.79 Å². The first kappa shape index (κ1) is 22.8. The maximum Gasteiger partial charge on any atom is 0.260 e. The fraction of sp³-hybridized carbons (Fsp3) is 0.231. The van der Waals surface area contributed by atoms with Crippen molar-refractivity contribution in [2.75, 3.05) is 27.9 Å². The molecule has 1 amide bonds. The molecule has 7 heteroatoms. The van der Waals surface area contributed by atoms with Gasteiger partial charge in [-0.15, -0.1) is 0 Å². The number of fused-ring (bicyclic) bond motifs is 1. The number of carbonyl (C=O) groups is 1. The van der Waals surface area contributed by atoms with Crippen molar-refractivity contribution >= 4 is 27.5 Å². The van der Waals surface area contributed by atoms with Gasteiger partial charge >= 0.3 is 0 Å². The van der Waals surface area contributed by atoms with Crippen LogP contribution in [0.4, 0.5) is 0 Å². The van der Waals surface area contributed by atoms with Crippen LogP contribution < -0.4 is 14.3 Å². The van der Waals surface area contributed by atoms with Crippen molar-refractivity contribution in [3.63, 3.8) is 0 Å². The Morgan fingerprint density at radius 3 is 2.03 bits per heavy atom. The van der Waals surface area contributed by atoms with Crippen molar-refractivity contribution < 1.29 is 19.0 Å². The van der Waals surface area contributed by atoms with Gasteiger partial charge < -0.3 is 18.8 Å². The first-order valence-electron chi connectivity index (χ1n) is 10.6. The SMILES string of the molecule is COCCn1c(=NC(=O)C(c2ccccc2)c2ccccc2)sc2cc(OC)c(OC)cc21. The van der Waals surface area contributed by atoms with Gasteiger partial charge in [0, 0.05) is 25.8 Å². The van der Waals surface area contributed by atoms with E-state index in [0.29, 0.717) is 29.5 Å². The Kier molecular flexibility index (Phi) is 7.22. The van der Waals surface area contributed by atoms with Crippen molar-refractivity contribution in [2.24, 2.45) is 4.99 Å². The molecule has 1 aromatic heterocycles. The van der Waals surface area contributed by atoms with E-state index < -0.39 is 5.92 Å². The van der Waals surface area contributed by atoms with Crippen LogP contribution in [0, 0.1) is 0 Å². The van der Waals surface area contributed by atoms with Gasteiger partial charge in [0.1, 0.15) is 0 Å². The molecule has 1 heterocycles.